The van der Waals surface area contributed by atoms with Gasteiger partial charge in [0.05, 0.1) is 5.56 Å². The van der Waals surface area contributed by atoms with E-state index in [1.54, 1.807) is 24.3 Å². The molecule has 4 rings (SSSR count). The van der Waals surface area contributed by atoms with Crippen molar-refractivity contribution < 1.29 is 9.90 Å². The molecular formula is C19H15N3O3. The minimum Gasteiger partial charge on any atom is -0.508 e. The number of nitrogens with zero attached hydrogens (tertiary/aromatic N) is 1. The molecular weight excluding hydrogens is 318 g/mol. The maximum Gasteiger partial charge on any atom is 0.257 e. The molecule has 0 saturated carbocycles. The molecule has 25 heavy (non-hydrogen) atoms. The Balaban J connectivity index is 1.87. The van der Waals surface area contributed by atoms with Crippen LogP contribution < -0.4 is 10.9 Å². The normalized spacial score (nSPS) is 16.2. The SMILES string of the molecule is O=C1C[C@@H](c2cccc(O)c2)c2c(nc(-c3ccccc3)[nH]c2=O)N1. The van der Waals surface area contributed by atoms with Gasteiger partial charge < -0.3 is 15.4 Å². The molecule has 6 nitrogen and oxygen atoms in total. The number of phenolic OH excluding ortho intramolecular Hbond substituents is 1. The lowest BCUT2D eigenvalue weighted by atomic mass is 9.86. The summed E-state index contributed by atoms with van der Waals surface area (Å²) in [5, 5.41) is 12.4. The van der Waals surface area contributed by atoms with Gasteiger partial charge in [-0.1, -0.05) is 42.5 Å². The van der Waals surface area contributed by atoms with E-state index in [4.69, 9.17) is 0 Å². The summed E-state index contributed by atoms with van der Waals surface area (Å²) in [6, 6.07) is 15.8. The number of nitrogens with one attached hydrogen (secondary N) is 2. The summed E-state index contributed by atoms with van der Waals surface area (Å²) < 4.78 is 0. The van der Waals surface area contributed by atoms with Crippen molar-refractivity contribution in [1.29, 1.82) is 0 Å². The summed E-state index contributed by atoms with van der Waals surface area (Å²) in [7, 11) is 0. The average Bonchev–Trinajstić information content (AvgIpc) is 2.61. The van der Waals surface area contributed by atoms with Crippen molar-refractivity contribution in [3.8, 4) is 17.1 Å². The highest BCUT2D eigenvalue weighted by molar-refractivity contribution is 5.94. The van der Waals surface area contributed by atoms with Crippen molar-refractivity contribution in [2.75, 3.05) is 5.32 Å². The number of anilines is 1. The Morgan fingerprint density at radius 2 is 1.84 bits per heavy atom. The van der Waals surface area contributed by atoms with Crippen molar-refractivity contribution in [1.82, 2.24) is 9.97 Å². The molecule has 0 bridgehead atoms. The van der Waals surface area contributed by atoms with Crippen LogP contribution in [0.4, 0.5) is 5.82 Å². The molecule has 0 unspecified atom stereocenters. The van der Waals surface area contributed by atoms with Gasteiger partial charge in [-0.25, -0.2) is 4.98 Å². The van der Waals surface area contributed by atoms with Gasteiger partial charge in [0.15, 0.2) is 0 Å². The van der Waals surface area contributed by atoms with E-state index in [0.717, 1.165) is 5.56 Å². The van der Waals surface area contributed by atoms with Crippen molar-refractivity contribution >= 4 is 11.7 Å². The Morgan fingerprint density at radius 3 is 2.60 bits per heavy atom. The summed E-state index contributed by atoms with van der Waals surface area (Å²) in [6.45, 7) is 0. The van der Waals surface area contributed by atoms with E-state index in [1.165, 1.54) is 0 Å². The average molecular weight is 333 g/mol. The number of hydrogen-bond acceptors (Lipinski definition) is 4. The zero-order valence-electron chi connectivity index (χ0n) is 13.2. The number of aromatic nitrogens is 2. The minimum atomic E-state index is -0.447. The topological polar surface area (TPSA) is 95.1 Å². The van der Waals surface area contributed by atoms with Crippen molar-refractivity contribution in [3.63, 3.8) is 0 Å². The largest absolute Gasteiger partial charge is 0.508 e. The van der Waals surface area contributed by atoms with Gasteiger partial charge in [0, 0.05) is 17.9 Å². The van der Waals surface area contributed by atoms with Crippen LogP contribution >= 0.6 is 0 Å². The third kappa shape index (κ3) is 2.78. The first-order valence-corrected chi connectivity index (χ1v) is 7.90. The number of phenols is 1. The van der Waals surface area contributed by atoms with Crippen LogP contribution in [-0.4, -0.2) is 21.0 Å². The number of fused-ring (bicyclic) bond motifs is 1. The number of benzene rings is 2. The summed E-state index contributed by atoms with van der Waals surface area (Å²) in [4.78, 5) is 32.1. The molecule has 0 radical (unpaired) electrons. The minimum absolute atomic E-state index is 0.0929. The van der Waals surface area contributed by atoms with Gasteiger partial charge in [-0.2, -0.15) is 0 Å². The molecule has 0 spiro atoms. The van der Waals surface area contributed by atoms with Gasteiger partial charge in [0.2, 0.25) is 5.91 Å². The highest BCUT2D eigenvalue weighted by Crippen LogP contribution is 2.35. The van der Waals surface area contributed by atoms with E-state index in [-0.39, 0.29) is 29.5 Å². The third-order valence-electron chi connectivity index (χ3n) is 4.27. The molecule has 0 fully saturated rings. The predicted octanol–water partition coefficient (Wildman–Crippen LogP) is 2.62. The molecule has 3 N–H and O–H groups in total. The Hall–Kier alpha value is -3.41. The predicted molar refractivity (Wildman–Crippen MR) is 93.5 cm³/mol. The maximum atomic E-state index is 12.7. The number of carbonyl (C=O) groups excluding carboxylic acids is 1. The number of H-pyrrole nitrogens is 1. The number of hydrogen-bond donors (Lipinski definition) is 3. The molecule has 3 aromatic rings. The fourth-order valence-electron chi connectivity index (χ4n) is 3.13. The van der Waals surface area contributed by atoms with Crippen LogP contribution in [-0.2, 0) is 4.79 Å². The van der Waals surface area contributed by atoms with E-state index in [9.17, 15) is 14.7 Å². The van der Waals surface area contributed by atoms with E-state index in [1.807, 2.05) is 30.3 Å². The molecule has 2 aromatic carbocycles. The first-order chi connectivity index (χ1) is 12.1. The highest BCUT2D eigenvalue weighted by Gasteiger charge is 2.31. The molecule has 2 heterocycles. The van der Waals surface area contributed by atoms with E-state index in [2.05, 4.69) is 15.3 Å². The third-order valence-corrected chi connectivity index (χ3v) is 4.27. The van der Waals surface area contributed by atoms with Crippen molar-refractivity contribution in [2.45, 2.75) is 12.3 Å². The van der Waals surface area contributed by atoms with E-state index in [0.29, 0.717) is 17.0 Å². The lowest BCUT2D eigenvalue weighted by molar-refractivity contribution is -0.116. The number of carbonyl (C=O) groups is 1. The summed E-state index contributed by atoms with van der Waals surface area (Å²) in [5.41, 5.74) is 1.58. The zero-order chi connectivity index (χ0) is 17.4. The van der Waals surface area contributed by atoms with Crippen molar-refractivity contribution in [2.24, 2.45) is 0 Å². The van der Waals surface area contributed by atoms with Crippen molar-refractivity contribution in [3.05, 3.63) is 76.1 Å². The Bertz CT molecular complexity index is 1010. The van der Waals surface area contributed by atoms with Crippen LogP contribution in [0.25, 0.3) is 11.4 Å². The van der Waals surface area contributed by atoms with Gasteiger partial charge >= 0.3 is 0 Å². The first kappa shape index (κ1) is 15.1. The number of aromatic hydroxyl groups is 1. The van der Waals surface area contributed by atoms with Crippen LogP contribution in [0.15, 0.2) is 59.4 Å². The van der Waals surface area contributed by atoms with Crippen LogP contribution in [0.3, 0.4) is 0 Å². The van der Waals surface area contributed by atoms with Gasteiger partial charge in [0.25, 0.3) is 5.56 Å². The smallest absolute Gasteiger partial charge is 0.257 e. The second-order valence-corrected chi connectivity index (χ2v) is 5.94. The van der Waals surface area contributed by atoms with Gasteiger partial charge in [0.1, 0.15) is 17.4 Å². The molecule has 0 saturated heterocycles. The molecule has 1 amide bonds. The molecule has 1 aliphatic heterocycles. The lowest BCUT2D eigenvalue weighted by Gasteiger charge is -2.24. The highest BCUT2D eigenvalue weighted by atomic mass is 16.3. The summed E-state index contributed by atoms with van der Waals surface area (Å²) in [6.07, 6.45) is 0.131. The monoisotopic (exact) mass is 333 g/mol. The van der Waals surface area contributed by atoms with Gasteiger partial charge in [-0.3, -0.25) is 9.59 Å². The maximum absolute atomic E-state index is 12.7. The number of rotatable bonds is 2. The Morgan fingerprint density at radius 1 is 1.04 bits per heavy atom. The fraction of sp³-hybridized carbons (Fsp3) is 0.105. The molecule has 1 atom stereocenters. The fourth-order valence-corrected chi connectivity index (χ4v) is 3.13. The molecule has 0 aliphatic carbocycles. The standard InChI is InChI=1S/C19H15N3O3/c23-13-8-4-7-12(9-13)14-10-15(24)20-18-16(14)19(25)22-17(21-18)11-5-2-1-3-6-11/h1-9,14,23H,10H2,(H2,20,21,22,24,25)/t14-/m0/s1. The first-order valence-electron chi connectivity index (χ1n) is 7.90. The molecule has 6 heteroatoms. The lowest BCUT2D eigenvalue weighted by Crippen LogP contribution is -2.31. The molecule has 1 aliphatic rings. The number of aromatic amines is 1. The van der Waals surface area contributed by atoms with Crippen LogP contribution in [0, 0.1) is 0 Å². The van der Waals surface area contributed by atoms with E-state index >= 15 is 0 Å². The van der Waals surface area contributed by atoms with Gasteiger partial charge in [-0.15, -0.1) is 0 Å². The number of amides is 1. The zero-order valence-corrected chi connectivity index (χ0v) is 13.2. The van der Waals surface area contributed by atoms with Crippen LogP contribution in [0.1, 0.15) is 23.5 Å². The second-order valence-electron chi connectivity index (χ2n) is 5.94. The Kier molecular flexibility index (Phi) is 3.57. The summed E-state index contributed by atoms with van der Waals surface area (Å²) >= 11 is 0. The summed E-state index contributed by atoms with van der Waals surface area (Å²) in [5.74, 6) is 0.110. The van der Waals surface area contributed by atoms with Gasteiger partial charge in [-0.05, 0) is 17.7 Å². The van der Waals surface area contributed by atoms with Crippen LogP contribution in [0.5, 0.6) is 5.75 Å². The quantitative estimate of drug-likeness (QED) is 0.672. The molecule has 1 aromatic heterocycles. The molecule has 124 valence electrons. The Labute approximate surface area is 143 Å². The second kappa shape index (κ2) is 5.90. The van der Waals surface area contributed by atoms with E-state index < -0.39 is 5.92 Å². The van der Waals surface area contributed by atoms with Crippen LogP contribution in [0.2, 0.25) is 0 Å².